The van der Waals surface area contributed by atoms with Crippen LogP contribution in [0.3, 0.4) is 0 Å². The molecule has 5 nitrogen and oxygen atoms in total. The predicted molar refractivity (Wildman–Crippen MR) is 95.1 cm³/mol. The maximum atomic E-state index is 13.2. The van der Waals surface area contributed by atoms with Gasteiger partial charge in [-0.1, -0.05) is 18.7 Å². The first-order valence-corrected chi connectivity index (χ1v) is 9.48. The van der Waals surface area contributed by atoms with Crippen molar-refractivity contribution in [3.63, 3.8) is 0 Å². The van der Waals surface area contributed by atoms with Crippen LogP contribution in [0.1, 0.15) is 25.6 Å². The van der Waals surface area contributed by atoms with Crippen LogP contribution in [-0.2, 0) is 6.42 Å². The molecule has 130 valence electrons. The van der Waals surface area contributed by atoms with Crippen LogP contribution in [0.15, 0.2) is 29.4 Å². The molecule has 2 N–H and O–H groups in total. The highest BCUT2D eigenvalue weighted by Crippen LogP contribution is 2.27. The van der Waals surface area contributed by atoms with E-state index >= 15 is 0 Å². The second-order valence-corrected chi connectivity index (χ2v) is 6.97. The molecule has 0 amide bonds. The van der Waals surface area contributed by atoms with E-state index in [2.05, 4.69) is 22.0 Å². The van der Waals surface area contributed by atoms with Crippen LogP contribution in [0.4, 0.5) is 4.39 Å². The SMILES string of the molecule is CCN1CCCC1CSc1nnc(CCN)n1-c1ccc(F)cc1. The molecule has 1 fully saturated rings. The Hall–Kier alpha value is -1.44. The standard InChI is InChI=1S/C17H24FN5S/c1-2-22-11-3-4-15(22)12-24-17-21-20-16(9-10-19)23(17)14-7-5-13(18)6-8-14/h5-8,15H,2-4,9-12,19H2,1H3. The van der Waals surface area contributed by atoms with E-state index in [4.69, 9.17) is 5.73 Å². The van der Waals surface area contributed by atoms with Crippen molar-refractivity contribution in [3.8, 4) is 5.69 Å². The molecule has 0 bridgehead atoms. The molecule has 1 aromatic heterocycles. The van der Waals surface area contributed by atoms with Gasteiger partial charge in [-0.05, 0) is 56.7 Å². The van der Waals surface area contributed by atoms with Gasteiger partial charge in [0.25, 0.3) is 0 Å². The summed E-state index contributed by atoms with van der Waals surface area (Å²) in [6, 6.07) is 7.04. The minimum atomic E-state index is -0.244. The van der Waals surface area contributed by atoms with Crippen LogP contribution in [0.25, 0.3) is 5.69 Å². The van der Waals surface area contributed by atoms with Crippen LogP contribution >= 0.6 is 11.8 Å². The molecule has 0 aliphatic carbocycles. The van der Waals surface area contributed by atoms with E-state index < -0.39 is 0 Å². The Labute approximate surface area is 146 Å². The number of nitrogens with zero attached hydrogens (tertiary/aromatic N) is 4. The van der Waals surface area contributed by atoms with Gasteiger partial charge in [-0.25, -0.2) is 4.39 Å². The number of thioether (sulfide) groups is 1. The van der Waals surface area contributed by atoms with Gasteiger partial charge in [-0.3, -0.25) is 9.47 Å². The normalized spacial score (nSPS) is 18.4. The maximum absolute atomic E-state index is 13.2. The van der Waals surface area contributed by atoms with Crippen molar-refractivity contribution >= 4 is 11.8 Å². The first-order valence-electron chi connectivity index (χ1n) is 8.50. The fourth-order valence-electron chi connectivity index (χ4n) is 3.21. The van der Waals surface area contributed by atoms with Gasteiger partial charge in [0.05, 0.1) is 0 Å². The molecule has 3 rings (SSSR count). The Morgan fingerprint density at radius 1 is 1.29 bits per heavy atom. The molecule has 0 saturated carbocycles. The highest BCUT2D eigenvalue weighted by atomic mass is 32.2. The molecular weight excluding hydrogens is 325 g/mol. The first-order chi connectivity index (χ1) is 11.7. The molecule has 24 heavy (non-hydrogen) atoms. The summed E-state index contributed by atoms with van der Waals surface area (Å²) in [6.07, 6.45) is 3.15. The van der Waals surface area contributed by atoms with Gasteiger partial charge in [0.1, 0.15) is 11.6 Å². The number of likely N-dealkylation sites (tertiary alicyclic amines) is 1. The zero-order valence-electron chi connectivity index (χ0n) is 14.0. The lowest BCUT2D eigenvalue weighted by molar-refractivity contribution is 0.287. The zero-order chi connectivity index (χ0) is 16.9. The highest BCUT2D eigenvalue weighted by molar-refractivity contribution is 7.99. The number of aromatic nitrogens is 3. The molecule has 2 heterocycles. The molecular formula is C17H24FN5S. The van der Waals surface area contributed by atoms with Crippen molar-refractivity contribution in [3.05, 3.63) is 35.9 Å². The number of nitrogens with two attached hydrogens (primary N) is 1. The van der Waals surface area contributed by atoms with E-state index in [1.807, 2.05) is 4.57 Å². The van der Waals surface area contributed by atoms with Crippen LogP contribution < -0.4 is 5.73 Å². The highest BCUT2D eigenvalue weighted by Gasteiger charge is 2.24. The largest absolute Gasteiger partial charge is 0.330 e. The molecule has 1 atom stereocenters. The summed E-state index contributed by atoms with van der Waals surface area (Å²) >= 11 is 1.72. The van der Waals surface area contributed by atoms with Gasteiger partial charge in [0.2, 0.25) is 0 Å². The third kappa shape index (κ3) is 3.79. The molecule has 2 aromatic rings. The van der Waals surface area contributed by atoms with Gasteiger partial charge >= 0.3 is 0 Å². The van der Waals surface area contributed by atoms with Crippen molar-refractivity contribution in [2.75, 3.05) is 25.4 Å². The van der Waals surface area contributed by atoms with Gasteiger partial charge in [0, 0.05) is 23.9 Å². The van der Waals surface area contributed by atoms with Crippen molar-refractivity contribution in [1.82, 2.24) is 19.7 Å². The maximum Gasteiger partial charge on any atom is 0.195 e. The quantitative estimate of drug-likeness (QED) is 0.778. The Bertz CT molecular complexity index is 658. The summed E-state index contributed by atoms with van der Waals surface area (Å²) in [6.45, 7) is 5.00. The van der Waals surface area contributed by atoms with Gasteiger partial charge < -0.3 is 5.73 Å². The van der Waals surface area contributed by atoms with Crippen LogP contribution in [-0.4, -0.2) is 51.1 Å². The molecule has 1 saturated heterocycles. The van der Waals surface area contributed by atoms with E-state index in [0.29, 0.717) is 19.0 Å². The molecule has 1 aliphatic heterocycles. The Morgan fingerprint density at radius 2 is 2.08 bits per heavy atom. The van der Waals surface area contributed by atoms with Gasteiger partial charge in [-0.15, -0.1) is 10.2 Å². The van der Waals surface area contributed by atoms with Crippen molar-refractivity contribution < 1.29 is 4.39 Å². The summed E-state index contributed by atoms with van der Waals surface area (Å²) in [5.74, 6) is 1.58. The van der Waals surface area contributed by atoms with E-state index in [-0.39, 0.29) is 5.82 Å². The number of halogens is 1. The van der Waals surface area contributed by atoms with E-state index in [1.165, 1.54) is 31.5 Å². The average Bonchev–Trinajstić information content (AvgIpc) is 3.20. The van der Waals surface area contributed by atoms with Crippen molar-refractivity contribution in [2.45, 2.75) is 37.4 Å². The van der Waals surface area contributed by atoms with E-state index in [9.17, 15) is 4.39 Å². The van der Waals surface area contributed by atoms with Crippen molar-refractivity contribution in [2.24, 2.45) is 5.73 Å². The van der Waals surface area contributed by atoms with E-state index in [0.717, 1.165) is 29.0 Å². The minimum Gasteiger partial charge on any atom is -0.330 e. The Balaban J connectivity index is 1.81. The summed E-state index contributed by atoms with van der Waals surface area (Å²) in [5, 5.41) is 9.50. The predicted octanol–water partition coefficient (Wildman–Crippen LogP) is 2.48. The summed E-state index contributed by atoms with van der Waals surface area (Å²) in [5.41, 5.74) is 6.58. The lowest BCUT2D eigenvalue weighted by Gasteiger charge is -2.22. The molecule has 0 spiro atoms. The topological polar surface area (TPSA) is 60.0 Å². The Kier molecular flexibility index (Phi) is 5.86. The molecule has 0 radical (unpaired) electrons. The summed E-state index contributed by atoms with van der Waals surface area (Å²) in [4.78, 5) is 2.52. The smallest absolute Gasteiger partial charge is 0.195 e. The monoisotopic (exact) mass is 349 g/mol. The molecule has 7 heteroatoms. The first kappa shape index (κ1) is 17.4. The van der Waals surface area contributed by atoms with Gasteiger partial charge in [0.15, 0.2) is 5.16 Å². The fraction of sp³-hybridized carbons (Fsp3) is 0.529. The number of rotatable bonds is 7. The van der Waals surface area contributed by atoms with Crippen LogP contribution in [0, 0.1) is 5.82 Å². The van der Waals surface area contributed by atoms with Crippen LogP contribution in [0.5, 0.6) is 0 Å². The second kappa shape index (κ2) is 8.09. The lowest BCUT2D eigenvalue weighted by atomic mass is 10.2. The minimum absolute atomic E-state index is 0.244. The number of hydrogen-bond donors (Lipinski definition) is 1. The van der Waals surface area contributed by atoms with Crippen LogP contribution in [0.2, 0.25) is 0 Å². The van der Waals surface area contributed by atoms with Gasteiger partial charge in [-0.2, -0.15) is 0 Å². The fourth-order valence-corrected chi connectivity index (χ4v) is 4.36. The lowest BCUT2D eigenvalue weighted by Crippen LogP contribution is -2.31. The Morgan fingerprint density at radius 3 is 2.79 bits per heavy atom. The molecule has 1 unspecified atom stereocenters. The summed E-state index contributed by atoms with van der Waals surface area (Å²) in [7, 11) is 0. The molecule has 1 aliphatic rings. The second-order valence-electron chi connectivity index (χ2n) is 5.98. The average molecular weight is 349 g/mol. The third-order valence-electron chi connectivity index (χ3n) is 4.46. The van der Waals surface area contributed by atoms with E-state index in [1.54, 1.807) is 23.9 Å². The number of hydrogen-bond acceptors (Lipinski definition) is 5. The number of benzene rings is 1. The molecule has 1 aromatic carbocycles. The third-order valence-corrected chi connectivity index (χ3v) is 5.54. The zero-order valence-corrected chi connectivity index (χ0v) is 14.8. The van der Waals surface area contributed by atoms with Crippen molar-refractivity contribution in [1.29, 1.82) is 0 Å². The summed E-state index contributed by atoms with van der Waals surface area (Å²) < 4.78 is 15.2.